The van der Waals surface area contributed by atoms with Gasteiger partial charge in [-0.3, -0.25) is 4.79 Å². The average Bonchev–Trinajstić information content (AvgIpc) is 2.74. The van der Waals surface area contributed by atoms with Crippen LogP contribution in [0.25, 0.3) is 4.85 Å². The summed E-state index contributed by atoms with van der Waals surface area (Å²) in [5, 5.41) is 9.63. The molecule has 0 fully saturated rings. The van der Waals surface area contributed by atoms with E-state index < -0.39 is 6.10 Å². The predicted molar refractivity (Wildman–Crippen MR) is 113 cm³/mol. The number of ether oxygens (including phenoxy) is 1. The van der Waals surface area contributed by atoms with E-state index in [9.17, 15) is 9.90 Å². The summed E-state index contributed by atoms with van der Waals surface area (Å²) in [6, 6.07) is 21.9. The number of aliphatic hydroxyl groups excluding tert-OH is 1. The first-order valence-electron chi connectivity index (χ1n) is 9.50. The molecule has 0 saturated heterocycles. The number of Topliss-reactive ketones (excluding diaryl/α,β-unsaturated/α-hetero) is 1. The SMILES string of the molecule is [C-]#[N+]c1ccc(CC(=O)c2cccc(O[C@H](C)c3ccc(C(C)O)cc3)c2)cc1. The van der Waals surface area contributed by atoms with Crippen molar-refractivity contribution in [3.05, 3.63) is 106 Å². The Morgan fingerprint density at radius 1 is 1.00 bits per heavy atom. The highest BCUT2D eigenvalue weighted by Gasteiger charge is 2.12. The van der Waals surface area contributed by atoms with Gasteiger partial charge in [-0.25, -0.2) is 4.85 Å². The van der Waals surface area contributed by atoms with Crippen LogP contribution in [-0.4, -0.2) is 10.9 Å². The van der Waals surface area contributed by atoms with Gasteiger partial charge in [0.15, 0.2) is 11.5 Å². The second-order valence-corrected chi connectivity index (χ2v) is 7.01. The highest BCUT2D eigenvalue weighted by Crippen LogP contribution is 2.24. The van der Waals surface area contributed by atoms with Crippen LogP contribution in [0.15, 0.2) is 72.8 Å². The number of rotatable bonds is 7. The van der Waals surface area contributed by atoms with Gasteiger partial charge in [-0.15, -0.1) is 0 Å². The fourth-order valence-electron chi connectivity index (χ4n) is 3.04. The van der Waals surface area contributed by atoms with Gasteiger partial charge in [0, 0.05) is 12.0 Å². The van der Waals surface area contributed by atoms with Crippen molar-refractivity contribution < 1.29 is 14.6 Å². The molecular formula is C25H23NO3. The predicted octanol–water partition coefficient (Wildman–Crippen LogP) is 5.86. The number of carbonyl (C=O) groups is 1. The highest BCUT2D eigenvalue weighted by molar-refractivity contribution is 5.97. The first-order chi connectivity index (χ1) is 14.0. The lowest BCUT2D eigenvalue weighted by Gasteiger charge is -2.16. The molecule has 0 spiro atoms. The van der Waals surface area contributed by atoms with E-state index in [0.29, 0.717) is 17.0 Å². The van der Waals surface area contributed by atoms with Gasteiger partial charge < -0.3 is 9.84 Å². The van der Waals surface area contributed by atoms with Crippen molar-refractivity contribution in [2.24, 2.45) is 0 Å². The zero-order valence-corrected chi connectivity index (χ0v) is 16.5. The van der Waals surface area contributed by atoms with Crippen molar-refractivity contribution >= 4 is 11.5 Å². The number of hydrogen-bond donors (Lipinski definition) is 1. The maximum Gasteiger partial charge on any atom is 0.187 e. The number of hydrogen-bond acceptors (Lipinski definition) is 3. The van der Waals surface area contributed by atoms with Gasteiger partial charge >= 0.3 is 0 Å². The maximum absolute atomic E-state index is 12.6. The molecule has 0 aliphatic heterocycles. The van der Waals surface area contributed by atoms with Gasteiger partial charge in [-0.05, 0) is 42.7 Å². The van der Waals surface area contributed by atoms with Gasteiger partial charge in [-0.1, -0.05) is 60.7 Å². The van der Waals surface area contributed by atoms with Gasteiger partial charge in [0.2, 0.25) is 0 Å². The minimum atomic E-state index is -0.500. The van der Waals surface area contributed by atoms with Crippen molar-refractivity contribution in [2.75, 3.05) is 0 Å². The van der Waals surface area contributed by atoms with Crippen LogP contribution >= 0.6 is 0 Å². The average molecular weight is 385 g/mol. The van der Waals surface area contributed by atoms with E-state index in [4.69, 9.17) is 11.3 Å². The molecule has 1 N–H and O–H groups in total. The summed E-state index contributed by atoms with van der Waals surface area (Å²) < 4.78 is 6.02. The van der Waals surface area contributed by atoms with Gasteiger partial charge in [0.25, 0.3) is 0 Å². The smallest absolute Gasteiger partial charge is 0.187 e. The van der Waals surface area contributed by atoms with Gasteiger partial charge in [0.1, 0.15) is 11.9 Å². The largest absolute Gasteiger partial charge is 0.486 e. The molecule has 3 aromatic carbocycles. The molecule has 0 saturated carbocycles. The second kappa shape index (κ2) is 9.18. The van der Waals surface area contributed by atoms with Gasteiger partial charge in [-0.2, -0.15) is 0 Å². The molecule has 0 aliphatic rings. The summed E-state index contributed by atoms with van der Waals surface area (Å²) in [4.78, 5) is 16.0. The number of benzene rings is 3. The summed E-state index contributed by atoms with van der Waals surface area (Å²) >= 11 is 0. The maximum atomic E-state index is 12.6. The zero-order valence-electron chi connectivity index (χ0n) is 16.5. The monoisotopic (exact) mass is 385 g/mol. The lowest BCUT2D eigenvalue weighted by Crippen LogP contribution is -2.06. The normalized spacial score (nSPS) is 12.6. The van der Waals surface area contributed by atoms with Crippen molar-refractivity contribution in [1.29, 1.82) is 0 Å². The summed E-state index contributed by atoms with van der Waals surface area (Å²) in [6.07, 6.45) is -0.414. The van der Waals surface area contributed by atoms with Gasteiger partial charge in [0.05, 0.1) is 12.7 Å². The molecule has 0 aliphatic carbocycles. The second-order valence-electron chi connectivity index (χ2n) is 7.01. The van der Waals surface area contributed by atoms with E-state index in [1.807, 2.05) is 55.5 Å². The van der Waals surface area contributed by atoms with Crippen LogP contribution in [0.5, 0.6) is 5.75 Å². The minimum Gasteiger partial charge on any atom is -0.486 e. The molecule has 2 atom stereocenters. The molecule has 0 bridgehead atoms. The van der Waals surface area contributed by atoms with Crippen LogP contribution in [-0.2, 0) is 6.42 Å². The molecule has 29 heavy (non-hydrogen) atoms. The van der Waals surface area contributed by atoms with Crippen LogP contribution in [0, 0.1) is 6.57 Å². The van der Waals surface area contributed by atoms with Crippen LogP contribution in [0.2, 0.25) is 0 Å². The summed E-state index contributed by atoms with van der Waals surface area (Å²) in [5.41, 5.74) is 3.88. The molecule has 146 valence electrons. The fraction of sp³-hybridized carbons (Fsp3) is 0.200. The summed E-state index contributed by atoms with van der Waals surface area (Å²) in [6.45, 7) is 10.7. The zero-order chi connectivity index (χ0) is 20.8. The number of nitrogens with zero attached hydrogens (tertiary/aromatic N) is 1. The third-order valence-corrected chi connectivity index (χ3v) is 4.79. The molecule has 4 nitrogen and oxygen atoms in total. The standard InChI is InChI=1S/C25H23NO3/c1-17(27)20-9-11-21(12-10-20)18(2)29-24-6-4-5-22(16-24)25(28)15-19-7-13-23(26-3)14-8-19/h4-14,16-18,27H,15H2,1-2H3/t17?,18-/m1/s1. The molecule has 3 aromatic rings. The van der Waals surface area contributed by atoms with E-state index in [0.717, 1.165) is 16.7 Å². The molecule has 0 aromatic heterocycles. The lowest BCUT2D eigenvalue weighted by atomic mass is 10.0. The molecule has 4 heteroatoms. The highest BCUT2D eigenvalue weighted by atomic mass is 16.5. The van der Waals surface area contributed by atoms with Crippen LogP contribution in [0.3, 0.4) is 0 Å². The third kappa shape index (κ3) is 5.31. The molecule has 0 amide bonds. The van der Waals surface area contributed by atoms with E-state index in [1.54, 1.807) is 31.2 Å². The number of ketones is 1. The molecule has 3 rings (SSSR count). The van der Waals surface area contributed by atoms with Crippen LogP contribution < -0.4 is 4.74 Å². The van der Waals surface area contributed by atoms with E-state index in [1.165, 1.54) is 0 Å². The Balaban J connectivity index is 1.68. The van der Waals surface area contributed by atoms with Crippen molar-refractivity contribution in [3.8, 4) is 5.75 Å². The lowest BCUT2D eigenvalue weighted by molar-refractivity contribution is 0.0992. The Labute approximate surface area is 171 Å². The fourth-order valence-corrected chi connectivity index (χ4v) is 3.04. The van der Waals surface area contributed by atoms with Crippen molar-refractivity contribution in [2.45, 2.75) is 32.5 Å². The molecule has 0 heterocycles. The van der Waals surface area contributed by atoms with Crippen LogP contribution in [0.4, 0.5) is 5.69 Å². The third-order valence-electron chi connectivity index (χ3n) is 4.79. The Bertz CT molecular complexity index is 1020. The Hall–Kier alpha value is -3.42. The number of aliphatic hydroxyl groups is 1. The molecule has 1 unspecified atom stereocenters. The molecular weight excluding hydrogens is 362 g/mol. The van der Waals surface area contributed by atoms with E-state index in [-0.39, 0.29) is 18.3 Å². The Morgan fingerprint density at radius 3 is 2.28 bits per heavy atom. The first kappa shape index (κ1) is 20.3. The van der Waals surface area contributed by atoms with Crippen LogP contribution in [0.1, 0.15) is 53.1 Å². The Kier molecular flexibility index (Phi) is 6.43. The van der Waals surface area contributed by atoms with E-state index in [2.05, 4.69) is 4.85 Å². The minimum absolute atomic E-state index is 0.0000448. The van der Waals surface area contributed by atoms with Crippen molar-refractivity contribution in [1.82, 2.24) is 0 Å². The summed E-state index contributed by atoms with van der Waals surface area (Å²) in [7, 11) is 0. The summed E-state index contributed by atoms with van der Waals surface area (Å²) in [5.74, 6) is 0.631. The van der Waals surface area contributed by atoms with Crippen molar-refractivity contribution in [3.63, 3.8) is 0 Å². The first-order valence-corrected chi connectivity index (χ1v) is 9.50. The number of carbonyl (C=O) groups excluding carboxylic acids is 1. The quantitative estimate of drug-likeness (QED) is 0.410. The Morgan fingerprint density at radius 2 is 1.66 bits per heavy atom. The topological polar surface area (TPSA) is 50.9 Å². The van der Waals surface area contributed by atoms with E-state index >= 15 is 0 Å². The molecule has 0 radical (unpaired) electrons.